The zero-order valence-corrected chi connectivity index (χ0v) is 16.9. The van der Waals surface area contributed by atoms with Crippen molar-refractivity contribution in [3.05, 3.63) is 53.8 Å². The first-order valence-corrected chi connectivity index (χ1v) is 9.86. The third kappa shape index (κ3) is 4.99. The molecule has 0 bridgehead atoms. The number of methoxy groups -OCH3 is 2. The molecule has 28 heavy (non-hydrogen) atoms. The minimum Gasteiger partial charge on any atom is -0.497 e. The number of carbonyl (C=O) groups is 1. The van der Waals surface area contributed by atoms with Gasteiger partial charge in [0.2, 0.25) is 15.9 Å². The molecule has 0 aromatic heterocycles. The van der Waals surface area contributed by atoms with E-state index in [1.54, 1.807) is 25.1 Å². The minimum absolute atomic E-state index is 0.0910. The molecule has 0 saturated carbocycles. The summed E-state index contributed by atoms with van der Waals surface area (Å²) in [7, 11) is 0.422. The van der Waals surface area contributed by atoms with Gasteiger partial charge in [0.1, 0.15) is 17.3 Å². The standard InChI is InChI=1S/C19H23FN2O5S/c1-13(17-11-15(26-3)7-10-18(17)27-4)21-19(23)12-22(2)28(24,25)16-8-5-14(20)6-9-16/h5-11,13H,12H2,1-4H3,(H,21,23)/t13-/m1/s1. The van der Waals surface area contributed by atoms with Crippen LogP contribution in [-0.4, -0.2) is 46.4 Å². The Balaban J connectivity index is 2.10. The zero-order chi connectivity index (χ0) is 20.9. The van der Waals surface area contributed by atoms with Crippen molar-refractivity contribution in [3.8, 4) is 11.5 Å². The molecule has 0 heterocycles. The Hall–Kier alpha value is -2.65. The van der Waals surface area contributed by atoms with Crippen LogP contribution in [0, 0.1) is 5.82 Å². The highest BCUT2D eigenvalue weighted by Gasteiger charge is 2.24. The molecule has 2 aromatic rings. The van der Waals surface area contributed by atoms with E-state index < -0.39 is 34.3 Å². The van der Waals surface area contributed by atoms with E-state index in [4.69, 9.17) is 9.47 Å². The summed E-state index contributed by atoms with van der Waals surface area (Å²) in [5.41, 5.74) is 0.694. The number of nitrogens with one attached hydrogen (secondary N) is 1. The van der Waals surface area contributed by atoms with Crippen molar-refractivity contribution >= 4 is 15.9 Å². The molecule has 0 spiro atoms. The fraction of sp³-hybridized carbons (Fsp3) is 0.316. The van der Waals surface area contributed by atoms with E-state index in [2.05, 4.69) is 5.32 Å². The molecule has 2 rings (SSSR count). The van der Waals surface area contributed by atoms with Gasteiger partial charge < -0.3 is 14.8 Å². The molecule has 9 heteroatoms. The highest BCUT2D eigenvalue weighted by Crippen LogP contribution is 2.29. The number of sulfonamides is 1. The Kier molecular flexibility index (Phi) is 6.98. The van der Waals surface area contributed by atoms with E-state index in [1.165, 1.54) is 21.3 Å². The highest BCUT2D eigenvalue weighted by atomic mass is 32.2. The lowest BCUT2D eigenvalue weighted by Gasteiger charge is -2.21. The van der Waals surface area contributed by atoms with Crippen LogP contribution in [0.25, 0.3) is 0 Å². The number of ether oxygens (including phenoxy) is 2. The minimum atomic E-state index is -3.91. The van der Waals surface area contributed by atoms with Crippen LogP contribution < -0.4 is 14.8 Å². The van der Waals surface area contributed by atoms with E-state index in [1.807, 2.05) is 0 Å². The normalized spacial score (nSPS) is 12.5. The summed E-state index contributed by atoms with van der Waals surface area (Å²) in [4.78, 5) is 12.3. The number of nitrogens with zero attached hydrogens (tertiary/aromatic N) is 1. The van der Waals surface area contributed by atoms with Crippen molar-refractivity contribution in [2.24, 2.45) is 0 Å². The van der Waals surface area contributed by atoms with E-state index in [0.29, 0.717) is 17.1 Å². The Bertz CT molecular complexity index is 932. The summed E-state index contributed by atoms with van der Waals surface area (Å²) in [5.74, 6) is 0.139. The molecule has 0 radical (unpaired) electrons. The molecule has 0 fully saturated rings. The predicted molar refractivity (Wildman–Crippen MR) is 102 cm³/mol. The molecule has 0 aliphatic carbocycles. The monoisotopic (exact) mass is 410 g/mol. The largest absolute Gasteiger partial charge is 0.497 e. The molecule has 1 N–H and O–H groups in total. The third-order valence-corrected chi connectivity index (χ3v) is 5.99. The average Bonchev–Trinajstić information content (AvgIpc) is 2.67. The molecule has 1 amide bonds. The van der Waals surface area contributed by atoms with Crippen molar-refractivity contribution in [2.75, 3.05) is 27.8 Å². The first-order valence-electron chi connectivity index (χ1n) is 8.42. The second-order valence-electron chi connectivity index (χ2n) is 6.11. The van der Waals surface area contributed by atoms with Crippen molar-refractivity contribution in [1.82, 2.24) is 9.62 Å². The fourth-order valence-electron chi connectivity index (χ4n) is 2.62. The second-order valence-corrected chi connectivity index (χ2v) is 8.16. The molecule has 152 valence electrons. The van der Waals surface area contributed by atoms with E-state index in [9.17, 15) is 17.6 Å². The van der Waals surface area contributed by atoms with Crippen LogP contribution in [0.5, 0.6) is 11.5 Å². The lowest BCUT2D eigenvalue weighted by atomic mass is 10.1. The summed E-state index contributed by atoms with van der Waals surface area (Å²) < 4.78 is 49.4. The van der Waals surface area contributed by atoms with Crippen molar-refractivity contribution in [1.29, 1.82) is 0 Å². The van der Waals surface area contributed by atoms with Crippen molar-refractivity contribution < 1.29 is 27.1 Å². The van der Waals surface area contributed by atoms with Crippen LogP contribution in [0.3, 0.4) is 0 Å². The second kappa shape index (κ2) is 9.03. The van der Waals surface area contributed by atoms with E-state index in [-0.39, 0.29) is 4.90 Å². The van der Waals surface area contributed by atoms with Gasteiger partial charge in [-0.05, 0) is 49.4 Å². The number of likely N-dealkylation sites (N-methyl/N-ethyl adjacent to an activating group) is 1. The Morgan fingerprint density at radius 1 is 1.14 bits per heavy atom. The van der Waals surface area contributed by atoms with Crippen LogP contribution in [0.15, 0.2) is 47.4 Å². The molecule has 7 nitrogen and oxygen atoms in total. The predicted octanol–water partition coefficient (Wildman–Crippen LogP) is 2.34. The molecule has 0 aliphatic rings. The topological polar surface area (TPSA) is 84.9 Å². The van der Waals surface area contributed by atoms with Crippen LogP contribution in [0.4, 0.5) is 4.39 Å². The first-order chi connectivity index (χ1) is 13.2. The van der Waals surface area contributed by atoms with Crippen molar-refractivity contribution in [2.45, 2.75) is 17.9 Å². The molecule has 0 unspecified atom stereocenters. The van der Waals surface area contributed by atoms with Gasteiger partial charge in [0.05, 0.1) is 31.7 Å². The van der Waals surface area contributed by atoms with Gasteiger partial charge in [-0.1, -0.05) is 0 Å². The van der Waals surface area contributed by atoms with Crippen molar-refractivity contribution in [3.63, 3.8) is 0 Å². The van der Waals surface area contributed by atoms with Crippen LogP contribution in [0.1, 0.15) is 18.5 Å². The third-order valence-electron chi connectivity index (χ3n) is 4.17. The van der Waals surface area contributed by atoms with Crippen LogP contribution in [0.2, 0.25) is 0 Å². The summed E-state index contributed by atoms with van der Waals surface area (Å²) in [6, 6.07) is 9.17. The summed E-state index contributed by atoms with van der Waals surface area (Å²) in [6.07, 6.45) is 0. The van der Waals surface area contributed by atoms with Gasteiger partial charge in [-0.25, -0.2) is 12.8 Å². The average molecular weight is 410 g/mol. The lowest BCUT2D eigenvalue weighted by molar-refractivity contribution is -0.121. The van der Waals surface area contributed by atoms with Gasteiger partial charge in [0.15, 0.2) is 0 Å². The summed E-state index contributed by atoms with van der Waals surface area (Å²) in [6.45, 7) is 1.36. The van der Waals surface area contributed by atoms with Gasteiger partial charge in [-0.15, -0.1) is 0 Å². The number of benzene rings is 2. The van der Waals surface area contributed by atoms with E-state index in [0.717, 1.165) is 28.6 Å². The van der Waals surface area contributed by atoms with Gasteiger partial charge in [-0.3, -0.25) is 4.79 Å². The number of rotatable bonds is 8. The van der Waals surface area contributed by atoms with E-state index >= 15 is 0 Å². The molecular formula is C19H23FN2O5S. The maximum absolute atomic E-state index is 13.0. The molecule has 2 aromatic carbocycles. The Labute approximate surface area is 164 Å². The maximum atomic E-state index is 13.0. The SMILES string of the molecule is COc1ccc(OC)c([C@@H](C)NC(=O)CN(C)S(=O)(=O)c2ccc(F)cc2)c1. The quantitative estimate of drug-likeness (QED) is 0.722. The molecular weight excluding hydrogens is 387 g/mol. The first kappa shape index (κ1) is 21.6. The van der Waals surface area contributed by atoms with Gasteiger partial charge >= 0.3 is 0 Å². The lowest BCUT2D eigenvalue weighted by Crippen LogP contribution is -2.39. The zero-order valence-electron chi connectivity index (χ0n) is 16.1. The molecule has 0 saturated heterocycles. The van der Waals surface area contributed by atoms with Gasteiger partial charge in [0.25, 0.3) is 0 Å². The number of hydrogen-bond donors (Lipinski definition) is 1. The van der Waals surface area contributed by atoms with Gasteiger partial charge in [0, 0.05) is 12.6 Å². The molecule has 1 atom stereocenters. The summed E-state index contributed by atoms with van der Waals surface area (Å²) >= 11 is 0. The smallest absolute Gasteiger partial charge is 0.243 e. The Morgan fingerprint density at radius 3 is 2.36 bits per heavy atom. The van der Waals surface area contributed by atoms with Gasteiger partial charge in [-0.2, -0.15) is 4.31 Å². The number of amides is 1. The highest BCUT2D eigenvalue weighted by molar-refractivity contribution is 7.89. The maximum Gasteiger partial charge on any atom is 0.243 e. The molecule has 0 aliphatic heterocycles. The number of carbonyl (C=O) groups excluding carboxylic acids is 1. The summed E-state index contributed by atoms with van der Waals surface area (Å²) in [5, 5.41) is 2.75. The van der Waals surface area contributed by atoms with Crippen LogP contribution >= 0.6 is 0 Å². The number of halogens is 1. The number of hydrogen-bond acceptors (Lipinski definition) is 5. The van der Waals surface area contributed by atoms with Crippen LogP contribution in [-0.2, 0) is 14.8 Å². The Morgan fingerprint density at radius 2 is 1.79 bits per heavy atom. The fourth-order valence-corrected chi connectivity index (χ4v) is 3.74.